The van der Waals surface area contributed by atoms with Crippen molar-refractivity contribution >= 4 is 44.6 Å². The number of aromatic carboxylic acids is 1. The van der Waals surface area contributed by atoms with Crippen LogP contribution >= 0.6 is 38.6 Å². The van der Waals surface area contributed by atoms with Crippen molar-refractivity contribution in [1.82, 2.24) is 0 Å². The minimum absolute atomic E-state index is 0.350. The second kappa shape index (κ2) is 3.84. The lowest BCUT2D eigenvalue weighted by Crippen LogP contribution is -1.91. The summed E-state index contributed by atoms with van der Waals surface area (Å²) in [6.45, 7) is 0. The van der Waals surface area contributed by atoms with E-state index in [1.54, 1.807) is 22.8 Å². The Balaban J connectivity index is 2.43. The van der Waals surface area contributed by atoms with Crippen LogP contribution in [0.5, 0.6) is 0 Å². The summed E-state index contributed by atoms with van der Waals surface area (Å²) >= 11 is 6.46. The smallest absolute Gasteiger partial charge is 0.336 e. The van der Waals surface area contributed by atoms with Crippen LogP contribution in [0.4, 0.5) is 0 Å². The highest BCUT2D eigenvalue weighted by molar-refractivity contribution is 9.10. The largest absolute Gasteiger partial charge is 0.478 e. The molecule has 14 heavy (non-hydrogen) atoms. The van der Waals surface area contributed by atoms with E-state index in [9.17, 15) is 4.79 Å². The highest BCUT2D eigenvalue weighted by Crippen LogP contribution is 2.35. The van der Waals surface area contributed by atoms with Crippen LogP contribution in [-0.4, -0.2) is 11.1 Å². The average molecular weight is 289 g/mol. The fourth-order valence-corrected chi connectivity index (χ4v) is 3.67. The molecule has 0 bridgehead atoms. The summed E-state index contributed by atoms with van der Waals surface area (Å²) in [4.78, 5) is 11.6. The van der Waals surface area contributed by atoms with Crippen LogP contribution in [0.25, 0.3) is 10.4 Å². The minimum Gasteiger partial charge on any atom is -0.478 e. The molecule has 0 aliphatic heterocycles. The maximum atomic E-state index is 10.7. The lowest BCUT2D eigenvalue weighted by molar-refractivity contribution is 0.0697. The first-order valence-electron chi connectivity index (χ1n) is 3.72. The highest BCUT2D eigenvalue weighted by Gasteiger charge is 2.10. The lowest BCUT2D eigenvalue weighted by atomic mass is 10.2. The Morgan fingerprint density at radius 1 is 1.36 bits per heavy atom. The first-order valence-corrected chi connectivity index (χ1v) is 6.34. The molecule has 0 amide bonds. The number of hydrogen-bond donors (Lipinski definition) is 1. The number of carboxylic acid groups (broad SMARTS) is 1. The van der Waals surface area contributed by atoms with E-state index >= 15 is 0 Å². The average Bonchev–Trinajstić information content (AvgIpc) is 2.71. The van der Waals surface area contributed by atoms with Gasteiger partial charge in [-0.3, -0.25) is 0 Å². The molecule has 2 rings (SSSR count). The monoisotopic (exact) mass is 288 g/mol. The molecule has 2 aromatic heterocycles. The maximum Gasteiger partial charge on any atom is 0.336 e. The molecule has 1 N–H and O–H groups in total. The summed E-state index contributed by atoms with van der Waals surface area (Å²) in [5.74, 6) is -0.876. The van der Waals surface area contributed by atoms with Gasteiger partial charge in [0.15, 0.2) is 0 Å². The minimum atomic E-state index is -0.876. The Bertz CT molecular complexity index is 473. The summed E-state index contributed by atoms with van der Waals surface area (Å²) in [7, 11) is 0. The topological polar surface area (TPSA) is 37.3 Å². The molecular formula is C9H5BrO2S2. The van der Waals surface area contributed by atoms with Crippen molar-refractivity contribution in [2.24, 2.45) is 0 Å². The van der Waals surface area contributed by atoms with Crippen LogP contribution in [0.3, 0.4) is 0 Å². The van der Waals surface area contributed by atoms with Gasteiger partial charge in [-0.05, 0) is 22.0 Å². The van der Waals surface area contributed by atoms with Crippen molar-refractivity contribution in [1.29, 1.82) is 0 Å². The van der Waals surface area contributed by atoms with E-state index in [-0.39, 0.29) is 0 Å². The molecule has 2 heterocycles. The van der Waals surface area contributed by atoms with Gasteiger partial charge in [0.05, 0.1) is 5.56 Å². The predicted octanol–water partition coefficient (Wildman–Crippen LogP) is 3.94. The van der Waals surface area contributed by atoms with Gasteiger partial charge < -0.3 is 5.11 Å². The van der Waals surface area contributed by atoms with E-state index in [1.165, 1.54) is 11.3 Å². The van der Waals surface area contributed by atoms with Gasteiger partial charge in [0.25, 0.3) is 0 Å². The summed E-state index contributed by atoms with van der Waals surface area (Å²) in [6, 6.07) is 1.69. The normalized spacial score (nSPS) is 10.4. The van der Waals surface area contributed by atoms with E-state index in [2.05, 4.69) is 15.9 Å². The highest BCUT2D eigenvalue weighted by atomic mass is 79.9. The zero-order valence-corrected chi connectivity index (χ0v) is 10.1. The number of halogens is 1. The van der Waals surface area contributed by atoms with E-state index in [4.69, 9.17) is 5.11 Å². The third kappa shape index (κ3) is 1.75. The standard InChI is InChI=1S/C9H5BrO2S2/c10-7-4-13-3-6(7)8-1-5(2-14-8)9(11)12/h1-4H,(H,11,12). The number of hydrogen-bond acceptors (Lipinski definition) is 3. The first-order chi connectivity index (χ1) is 6.68. The van der Waals surface area contributed by atoms with Gasteiger partial charge in [0, 0.05) is 31.1 Å². The van der Waals surface area contributed by atoms with Crippen molar-refractivity contribution in [3.8, 4) is 10.4 Å². The second-order valence-electron chi connectivity index (χ2n) is 2.64. The number of carbonyl (C=O) groups is 1. The number of thiophene rings is 2. The molecule has 0 saturated carbocycles. The molecule has 0 aliphatic carbocycles. The Labute approximate surface area is 97.0 Å². The van der Waals surface area contributed by atoms with Gasteiger partial charge in [0.2, 0.25) is 0 Å². The number of rotatable bonds is 2. The summed E-state index contributed by atoms with van der Waals surface area (Å²) in [5, 5.41) is 14.4. The molecule has 5 heteroatoms. The fraction of sp³-hybridized carbons (Fsp3) is 0. The van der Waals surface area contributed by atoms with Gasteiger partial charge in [-0.15, -0.1) is 11.3 Å². The Morgan fingerprint density at radius 3 is 2.64 bits per heavy atom. The third-order valence-corrected chi connectivity index (χ3v) is 4.39. The molecule has 2 nitrogen and oxygen atoms in total. The van der Waals surface area contributed by atoms with Crippen molar-refractivity contribution < 1.29 is 9.90 Å². The van der Waals surface area contributed by atoms with Crippen LogP contribution < -0.4 is 0 Å². The van der Waals surface area contributed by atoms with Crippen LogP contribution in [0.1, 0.15) is 10.4 Å². The van der Waals surface area contributed by atoms with Gasteiger partial charge in [0.1, 0.15) is 0 Å². The SMILES string of the molecule is O=C(O)c1csc(-c2cscc2Br)c1. The first kappa shape index (κ1) is 9.89. The molecule has 0 aliphatic rings. The summed E-state index contributed by atoms with van der Waals surface area (Å²) in [5.41, 5.74) is 1.41. The molecule has 2 aromatic rings. The molecule has 0 atom stereocenters. The molecule has 0 aromatic carbocycles. The van der Waals surface area contributed by atoms with E-state index in [0.29, 0.717) is 5.56 Å². The van der Waals surface area contributed by atoms with E-state index in [0.717, 1.165) is 14.9 Å². The molecular weight excluding hydrogens is 284 g/mol. The zero-order valence-electron chi connectivity index (χ0n) is 6.86. The quantitative estimate of drug-likeness (QED) is 0.909. The van der Waals surface area contributed by atoms with Crippen LogP contribution in [0.15, 0.2) is 26.7 Å². The van der Waals surface area contributed by atoms with Gasteiger partial charge in [-0.2, -0.15) is 11.3 Å². The van der Waals surface area contributed by atoms with Crippen molar-refractivity contribution in [3.05, 3.63) is 32.2 Å². The van der Waals surface area contributed by atoms with Crippen LogP contribution in [-0.2, 0) is 0 Å². The fourth-order valence-electron chi connectivity index (χ4n) is 1.05. The molecule has 0 spiro atoms. The third-order valence-electron chi connectivity index (χ3n) is 1.73. The van der Waals surface area contributed by atoms with Gasteiger partial charge in [-0.1, -0.05) is 0 Å². The molecule has 72 valence electrons. The molecule has 0 radical (unpaired) electrons. The van der Waals surface area contributed by atoms with Crippen LogP contribution in [0.2, 0.25) is 0 Å². The zero-order chi connectivity index (χ0) is 10.1. The van der Waals surface area contributed by atoms with Crippen molar-refractivity contribution in [2.75, 3.05) is 0 Å². The van der Waals surface area contributed by atoms with Crippen molar-refractivity contribution in [2.45, 2.75) is 0 Å². The second-order valence-corrected chi connectivity index (χ2v) is 5.15. The van der Waals surface area contributed by atoms with Crippen molar-refractivity contribution in [3.63, 3.8) is 0 Å². The molecule has 0 saturated heterocycles. The predicted molar refractivity (Wildman–Crippen MR) is 62.3 cm³/mol. The summed E-state index contributed by atoms with van der Waals surface area (Å²) < 4.78 is 1.02. The molecule has 0 fully saturated rings. The summed E-state index contributed by atoms with van der Waals surface area (Å²) in [6.07, 6.45) is 0. The molecule has 0 unspecified atom stereocenters. The Morgan fingerprint density at radius 2 is 2.14 bits per heavy atom. The van der Waals surface area contributed by atoms with E-state index < -0.39 is 5.97 Å². The van der Waals surface area contributed by atoms with Gasteiger partial charge >= 0.3 is 5.97 Å². The van der Waals surface area contributed by atoms with E-state index in [1.807, 2.05) is 10.8 Å². The lowest BCUT2D eigenvalue weighted by Gasteiger charge is -1.91. The maximum absolute atomic E-state index is 10.7. The van der Waals surface area contributed by atoms with Crippen LogP contribution in [0, 0.1) is 0 Å². The van der Waals surface area contributed by atoms with Gasteiger partial charge in [-0.25, -0.2) is 4.79 Å². The Kier molecular flexibility index (Phi) is 2.71. The number of carboxylic acids is 1. The Hall–Kier alpha value is -0.650.